The van der Waals surface area contributed by atoms with E-state index < -0.39 is 0 Å². The van der Waals surface area contributed by atoms with Gasteiger partial charge in [-0.25, -0.2) is 0 Å². The van der Waals surface area contributed by atoms with Crippen LogP contribution in [0.2, 0.25) is 0 Å². The summed E-state index contributed by atoms with van der Waals surface area (Å²) in [5.41, 5.74) is 1.59. The smallest absolute Gasteiger partial charge is 0.261 e. The van der Waals surface area contributed by atoms with Crippen LogP contribution in [0.3, 0.4) is 0 Å². The zero-order valence-electron chi connectivity index (χ0n) is 9.31. The molecule has 0 saturated carbocycles. The highest BCUT2D eigenvalue weighted by Crippen LogP contribution is 2.21. The molecule has 0 aliphatic heterocycles. The summed E-state index contributed by atoms with van der Waals surface area (Å²) in [7, 11) is 0. The van der Waals surface area contributed by atoms with Gasteiger partial charge >= 0.3 is 0 Å². The molecule has 0 saturated heterocycles. The molecule has 5 heteroatoms. The molecule has 0 bridgehead atoms. The Kier molecular flexibility index (Phi) is 4.13. The van der Waals surface area contributed by atoms with Crippen molar-refractivity contribution in [3.63, 3.8) is 0 Å². The molecule has 0 fully saturated rings. The van der Waals surface area contributed by atoms with E-state index in [9.17, 15) is 4.79 Å². The van der Waals surface area contributed by atoms with Gasteiger partial charge in [0, 0.05) is 6.54 Å². The highest BCUT2D eigenvalue weighted by Gasteiger charge is 2.07. The zero-order valence-corrected chi connectivity index (χ0v) is 11.7. The second-order valence-electron chi connectivity index (χ2n) is 3.60. The quantitative estimate of drug-likeness (QED) is 0.943. The van der Waals surface area contributed by atoms with Gasteiger partial charge < -0.3 is 5.32 Å². The average molecular weight is 321 g/mol. The van der Waals surface area contributed by atoms with E-state index in [0.29, 0.717) is 17.0 Å². The van der Waals surface area contributed by atoms with Crippen molar-refractivity contribution in [2.75, 3.05) is 0 Å². The third kappa shape index (κ3) is 3.19. The molecule has 1 aromatic carbocycles. The average Bonchev–Trinajstić information content (AvgIpc) is 2.83. The van der Waals surface area contributed by atoms with Crippen LogP contribution in [0, 0.1) is 11.3 Å². The molecule has 0 spiro atoms. The summed E-state index contributed by atoms with van der Waals surface area (Å²) in [6.45, 7) is 0.458. The SMILES string of the molecule is N#Cc1ccc(CNC(=O)c2ccc(Br)s2)cc1. The topological polar surface area (TPSA) is 52.9 Å². The molecule has 1 amide bonds. The van der Waals surface area contributed by atoms with Crippen LogP contribution in [0.4, 0.5) is 0 Å². The van der Waals surface area contributed by atoms with E-state index in [1.54, 1.807) is 18.2 Å². The van der Waals surface area contributed by atoms with E-state index in [0.717, 1.165) is 9.35 Å². The lowest BCUT2D eigenvalue weighted by Gasteiger charge is -2.03. The minimum atomic E-state index is -0.0879. The lowest BCUT2D eigenvalue weighted by Crippen LogP contribution is -2.21. The summed E-state index contributed by atoms with van der Waals surface area (Å²) >= 11 is 4.72. The second-order valence-corrected chi connectivity index (χ2v) is 6.06. The molecule has 90 valence electrons. The lowest BCUT2D eigenvalue weighted by atomic mass is 10.1. The van der Waals surface area contributed by atoms with Gasteiger partial charge in [-0.3, -0.25) is 4.79 Å². The molecule has 0 unspecified atom stereocenters. The van der Waals surface area contributed by atoms with Crippen molar-refractivity contribution < 1.29 is 4.79 Å². The molecule has 0 atom stereocenters. The number of rotatable bonds is 3. The molecule has 0 aliphatic carbocycles. The van der Waals surface area contributed by atoms with Gasteiger partial charge in [0.05, 0.1) is 20.3 Å². The van der Waals surface area contributed by atoms with Gasteiger partial charge in [-0.1, -0.05) is 12.1 Å². The highest BCUT2D eigenvalue weighted by molar-refractivity contribution is 9.11. The van der Waals surface area contributed by atoms with Crippen molar-refractivity contribution in [1.82, 2.24) is 5.32 Å². The van der Waals surface area contributed by atoms with Crippen LogP contribution in [-0.2, 0) is 6.54 Å². The third-order valence-electron chi connectivity index (χ3n) is 2.33. The molecule has 3 nitrogen and oxygen atoms in total. The van der Waals surface area contributed by atoms with Gasteiger partial charge in [0.2, 0.25) is 0 Å². The molecule has 0 aliphatic rings. The van der Waals surface area contributed by atoms with E-state index in [-0.39, 0.29) is 5.91 Å². The molecule has 0 radical (unpaired) electrons. The number of hydrogen-bond acceptors (Lipinski definition) is 3. The number of thiophene rings is 1. The molecular weight excluding hydrogens is 312 g/mol. The maximum atomic E-state index is 11.8. The predicted octanol–water partition coefficient (Wildman–Crippen LogP) is 3.31. The lowest BCUT2D eigenvalue weighted by molar-refractivity contribution is 0.0955. The maximum absolute atomic E-state index is 11.8. The van der Waals surface area contributed by atoms with Crippen molar-refractivity contribution in [2.24, 2.45) is 0 Å². The van der Waals surface area contributed by atoms with Crippen molar-refractivity contribution in [1.29, 1.82) is 5.26 Å². The van der Waals surface area contributed by atoms with Crippen molar-refractivity contribution >= 4 is 33.2 Å². The number of nitrogens with one attached hydrogen (secondary N) is 1. The Labute approximate surface area is 117 Å². The van der Waals surface area contributed by atoms with Gasteiger partial charge in [0.1, 0.15) is 0 Å². The number of hydrogen-bond donors (Lipinski definition) is 1. The van der Waals surface area contributed by atoms with Gasteiger partial charge in [-0.05, 0) is 45.8 Å². The molecular formula is C13H9BrN2OS. The van der Waals surface area contributed by atoms with E-state index >= 15 is 0 Å². The Hall–Kier alpha value is -1.64. The maximum Gasteiger partial charge on any atom is 0.261 e. The Morgan fingerprint density at radius 1 is 1.28 bits per heavy atom. The Morgan fingerprint density at radius 3 is 2.56 bits per heavy atom. The molecule has 2 aromatic rings. The second kappa shape index (κ2) is 5.80. The van der Waals surface area contributed by atoms with Gasteiger partial charge in [0.25, 0.3) is 5.91 Å². The summed E-state index contributed by atoms with van der Waals surface area (Å²) in [5.74, 6) is -0.0879. The first kappa shape index (κ1) is 12.8. The van der Waals surface area contributed by atoms with Crippen LogP contribution >= 0.6 is 27.3 Å². The van der Waals surface area contributed by atoms with E-state index in [1.807, 2.05) is 18.2 Å². The fourth-order valence-corrected chi connectivity index (χ4v) is 2.71. The molecule has 2 rings (SSSR count). The largest absolute Gasteiger partial charge is 0.347 e. The number of nitriles is 1. The highest BCUT2D eigenvalue weighted by atomic mass is 79.9. The first-order valence-electron chi connectivity index (χ1n) is 5.21. The number of carbonyl (C=O) groups excluding carboxylic acids is 1. The molecule has 1 N–H and O–H groups in total. The summed E-state index contributed by atoms with van der Waals surface area (Å²) < 4.78 is 0.936. The summed E-state index contributed by atoms with van der Waals surface area (Å²) in [6.07, 6.45) is 0. The van der Waals surface area contributed by atoms with Gasteiger partial charge in [-0.15, -0.1) is 11.3 Å². The monoisotopic (exact) mass is 320 g/mol. The summed E-state index contributed by atoms with van der Waals surface area (Å²) in [5, 5.41) is 11.5. The number of carbonyl (C=O) groups is 1. The van der Waals surface area contributed by atoms with E-state index in [4.69, 9.17) is 5.26 Å². The molecule has 1 aromatic heterocycles. The normalized spacial score (nSPS) is 9.78. The minimum absolute atomic E-state index is 0.0879. The van der Waals surface area contributed by atoms with Crippen LogP contribution in [0.1, 0.15) is 20.8 Å². The minimum Gasteiger partial charge on any atom is -0.347 e. The van der Waals surface area contributed by atoms with Gasteiger partial charge in [0.15, 0.2) is 0 Å². The van der Waals surface area contributed by atoms with Crippen LogP contribution in [-0.4, -0.2) is 5.91 Å². The summed E-state index contributed by atoms with van der Waals surface area (Å²) in [4.78, 5) is 12.5. The van der Waals surface area contributed by atoms with Gasteiger partial charge in [-0.2, -0.15) is 5.26 Å². The third-order valence-corrected chi connectivity index (χ3v) is 3.96. The fourth-order valence-electron chi connectivity index (χ4n) is 1.40. The number of halogens is 1. The van der Waals surface area contributed by atoms with Crippen LogP contribution < -0.4 is 5.32 Å². The number of nitrogens with zero attached hydrogens (tertiary/aromatic N) is 1. The Morgan fingerprint density at radius 2 is 2.00 bits per heavy atom. The first-order chi connectivity index (χ1) is 8.69. The number of benzene rings is 1. The van der Waals surface area contributed by atoms with Crippen molar-refractivity contribution in [3.05, 3.63) is 56.2 Å². The van der Waals surface area contributed by atoms with Crippen LogP contribution in [0.5, 0.6) is 0 Å². The van der Waals surface area contributed by atoms with Crippen molar-refractivity contribution in [2.45, 2.75) is 6.54 Å². The Balaban J connectivity index is 1.95. The first-order valence-corrected chi connectivity index (χ1v) is 6.82. The predicted molar refractivity (Wildman–Crippen MR) is 74.3 cm³/mol. The summed E-state index contributed by atoms with van der Waals surface area (Å²) in [6, 6.07) is 12.8. The molecule has 1 heterocycles. The van der Waals surface area contributed by atoms with E-state index in [2.05, 4.69) is 27.3 Å². The molecule has 18 heavy (non-hydrogen) atoms. The van der Waals surface area contributed by atoms with E-state index in [1.165, 1.54) is 11.3 Å². The van der Waals surface area contributed by atoms with Crippen LogP contribution in [0.15, 0.2) is 40.2 Å². The Bertz CT molecular complexity index is 598. The van der Waals surface area contributed by atoms with Crippen molar-refractivity contribution in [3.8, 4) is 6.07 Å². The zero-order chi connectivity index (χ0) is 13.0. The standard InChI is InChI=1S/C13H9BrN2OS/c14-12-6-5-11(18-12)13(17)16-8-10-3-1-9(7-15)2-4-10/h1-6H,8H2,(H,16,17). The van der Waals surface area contributed by atoms with Crippen LogP contribution in [0.25, 0.3) is 0 Å². The number of amides is 1. The fraction of sp³-hybridized carbons (Fsp3) is 0.0769.